The molecule has 2 bridgehead atoms. The summed E-state index contributed by atoms with van der Waals surface area (Å²) in [5.74, 6) is -3.81. The van der Waals surface area contributed by atoms with Crippen LogP contribution < -0.4 is 27.8 Å². The second-order valence-corrected chi connectivity index (χ2v) is 16.8. The van der Waals surface area contributed by atoms with Crippen molar-refractivity contribution in [3.63, 3.8) is 0 Å². The number of fused-ring (bicyclic) bond motifs is 3. The Morgan fingerprint density at radius 2 is 1.69 bits per heavy atom. The first kappa shape index (κ1) is 43.4. The van der Waals surface area contributed by atoms with Gasteiger partial charge in [0.25, 0.3) is 0 Å². The number of ketones is 2. The number of guanidine groups is 1. The summed E-state index contributed by atoms with van der Waals surface area (Å²) in [5.41, 5.74) is 16.9. The Morgan fingerprint density at radius 3 is 2.38 bits per heavy atom. The molecule has 1 aliphatic carbocycles. The van der Waals surface area contributed by atoms with Crippen molar-refractivity contribution in [2.75, 3.05) is 13.1 Å². The predicted octanol–water partition coefficient (Wildman–Crippen LogP) is 2.06. The second kappa shape index (κ2) is 20.5. The van der Waals surface area contributed by atoms with Crippen molar-refractivity contribution in [2.45, 2.75) is 155 Å². The highest BCUT2D eigenvalue weighted by Crippen LogP contribution is 2.31. The number of nitrogens with one attached hydrogen (secondary N) is 2. The maximum atomic E-state index is 14.4. The number of primary amides is 1. The van der Waals surface area contributed by atoms with Crippen molar-refractivity contribution < 1.29 is 28.8 Å². The summed E-state index contributed by atoms with van der Waals surface area (Å²) in [4.78, 5) is 87.9. The van der Waals surface area contributed by atoms with Crippen molar-refractivity contribution in [3.8, 4) is 0 Å². The van der Waals surface area contributed by atoms with E-state index in [4.69, 9.17) is 17.2 Å². The molecular formula is C39H64N10O6. The fourth-order valence-corrected chi connectivity index (χ4v) is 8.28. The fourth-order valence-electron chi connectivity index (χ4n) is 8.28. The van der Waals surface area contributed by atoms with Gasteiger partial charge in [-0.25, -0.2) is 0 Å². The van der Waals surface area contributed by atoms with Gasteiger partial charge in [-0.05, 0) is 82.0 Å². The number of amides is 4. The fraction of sp³-hybridized carbons (Fsp3) is 0.769. The molecule has 4 rings (SSSR count). The van der Waals surface area contributed by atoms with Gasteiger partial charge in [-0.2, -0.15) is 0 Å². The Labute approximate surface area is 324 Å². The number of hydrogen-bond donors (Lipinski definition) is 5. The molecule has 1 saturated carbocycles. The van der Waals surface area contributed by atoms with Gasteiger partial charge >= 0.3 is 0 Å². The number of aryl methyl sites for hydroxylation is 2. The number of nitrogens with two attached hydrogens (primary N) is 3. The third-order valence-corrected chi connectivity index (χ3v) is 11.5. The zero-order valence-electron chi connectivity index (χ0n) is 33.1. The molecule has 5 atom stereocenters. The third kappa shape index (κ3) is 13.1. The zero-order chi connectivity index (χ0) is 40.1. The number of carbonyl (C=O) groups excluding carboxylic acids is 6. The highest BCUT2D eigenvalue weighted by Gasteiger charge is 2.40. The molecule has 4 amide bonds. The Morgan fingerprint density at radius 1 is 0.945 bits per heavy atom. The van der Waals surface area contributed by atoms with E-state index in [1.807, 2.05) is 27.0 Å². The largest absolute Gasteiger partial charge is 0.370 e. The molecule has 16 nitrogen and oxygen atoms in total. The number of nitrogens with zero attached hydrogens (tertiary/aromatic N) is 5. The number of aromatic nitrogens is 3. The summed E-state index contributed by atoms with van der Waals surface area (Å²) in [6.45, 7) is 6.82. The van der Waals surface area contributed by atoms with Crippen LogP contribution >= 0.6 is 0 Å². The maximum absolute atomic E-state index is 14.4. The quantitative estimate of drug-likeness (QED) is 0.125. The van der Waals surface area contributed by atoms with Crippen LogP contribution in [0.25, 0.3) is 0 Å². The summed E-state index contributed by atoms with van der Waals surface area (Å²) in [5, 5.41) is 14.6. The van der Waals surface area contributed by atoms with Crippen LogP contribution in [0.2, 0.25) is 0 Å². The molecule has 0 radical (unpaired) electrons. The van der Waals surface area contributed by atoms with Gasteiger partial charge in [0.05, 0.1) is 17.8 Å². The number of hydrogen-bond acceptors (Lipinski definition) is 9. The molecular weight excluding hydrogens is 704 g/mol. The average molecular weight is 769 g/mol. The van der Waals surface area contributed by atoms with Gasteiger partial charge in [-0.1, -0.05) is 45.2 Å². The number of aliphatic imine (C=N–C) groups is 1. The number of rotatable bonds is 11. The van der Waals surface area contributed by atoms with Crippen LogP contribution in [0.3, 0.4) is 0 Å². The van der Waals surface area contributed by atoms with E-state index in [2.05, 4.69) is 25.9 Å². The van der Waals surface area contributed by atoms with Gasteiger partial charge in [-0.3, -0.25) is 38.4 Å². The third-order valence-electron chi connectivity index (χ3n) is 11.5. The molecule has 0 unspecified atom stereocenters. The van der Waals surface area contributed by atoms with E-state index >= 15 is 0 Å². The minimum atomic E-state index is -0.974. The minimum Gasteiger partial charge on any atom is -0.370 e. The van der Waals surface area contributed by atoms with Crippen LogP contribution in [-0.2, 0) is 41.7 Å². The predicted molar refractivity (Wildman–Crippen MR) is 207 cm³/mol. The van der Waals surface area contributed by atoms with Crippen LogP contribution in [0, 0.1) is 23.2 Å². The van der Waals surface area contributed by atoms with Crippen LogP contribution in [0.15, 0.2) is 11.2 Å². The first-order chi connectivity index (χ1) is 26.1. The van der Waals surface area contributed by atoms with E-state index in [9.17, 15) is 28.8 Å². The lowest BCUT2D eigenvalue weighted by atomic mass is 9.76. The van der Waals surface area contributed by atoms with E-state index in [0.29, 0.717) is 64.5 Å². The van der Waals surface area contributed by atoms with Crippen LogP contribution in [0.5, 0.6) is 0 Å². The second-order valence-electron chi connectivity index (χ2n) is 16.8. The first-order valence-electron chi connectivity index (χ1n) is 20.3. The lowest BCUT2D eigenvalue weighted by Crippen LogP contribution is -2.54. The standard InChI is InChI=1S/C39H64N10O6/c1-39(2,3)28(35(40)53)23-31(50)29(16-10-19-43-38(41)42)44-36(54)26-14-9-15-27-24-48(47-46-27)20-8-7-18-33(52)49-21-11-17-30(49)37(55)45-34(32(51)22-26)25-12-5-4-6-13-25/h24-26,28-30,34H,4-23H2,1-3H3,(H2,40,53)(H,44,54)(H,45,55)(H4,41,42,43)/t26-,28-,29+,30+,34+/m1/s1. The smallest absolute Gasteiger partial charge is 0.243 e. The minimum absolute atomic E-state index is 0.0702. The van der Waals surface area contributed by atoms with Crippen molar-refractivity contribution in [2.24, 2.45) is 45.4 Å². The number of carbonyl (C=O) groups is 6. The van der Waals surface area contributed by atoms with Gasteiger partial charge in [0, 0.05) is 56.9 Å². The molecule has 2 fully saturated rings. The molecule has 3 aliphatic rings. The Bertz CT molecular complexity index is 1530. The summed E-state index contributed by atoms with van der Waals surface area (Å²) in [6.07, 6.45) is 10.9. The molecule has 306 valence electrons. The first-order valence-corrected chi connectivity index (χ1v) is 20.3. The van der Waals surface area contributed by atoms with Crippen molar-refractivity contribution in [1.82, 2.24) is 30.5 Å². The van der Waals surface area contributed by atoms with Crippen LogP contribution in [0.1, 0.15) is 129 Å². The molecule has 0 spiro atoms. The topological polar surface area (TPSA) is 251 Å². The number of Topliss-reactive ketones (excluding diaryl/α,β-unsaturated/α-hetero) is 2. The van der Waals surface area contributed by atoms with Gasteiger partial charge in [0.1, 0.15) is 6.04 Å². The van der Waals surface area contributed by atoms with E-state index in [0.717, 1.165) is 44.2 Å². The van der Waals surface area contributed by atoms with Gasteiger partial charge in [-0.15, -0.1) is 5.10 Å². The van der Waals surface area contributed by atoms with E-state index in [1.165, 1.54) is 0 Å². The van der Waals surface area contributed by atoms with Crippen LogP contribution in [0.4, 0.5) is 0 Å². The SMILES string of the molecule is CC(C)(C)[C@H](CC(=O)[C@H](CCCN=C(N)N)NC(=O)[C@@H]1CCCc2cn(nn2)CCCCC(=O)N2CCC[C@H]2C(=O)N[C@@H](C2CCCCC2)C(=O)C1)C(N)=O. The van der Waals surface area contributed by atoms with Crippen molar-refractivity contribution >= 4 is 41.2 Å². The molecule has 8 N–H and O–H groups in total. The Balaban J connectivity index is 1.62. The van der Waals surface area contributed by atoms with E-state index < -0.39 is 47.2 Å². The lowest BCUT2D eigenvalue weighted by Gasteiger charge is -2.33. The van der Waals surface area contributed by atoms with Crippen LogP contribution in [-0.4, -0.2) is 92.3 Å². The molecule has 1 aromatic heterocycles. The maximum Gasteiger partial charge on any atom is 0.243 e. The van der Waals surface area contributed by atoms with Crippen molar-refractivity contribution in [1.29, 1.82) is 0 Å². The molecule has 3 heterocycles. The monoisotopic (exact) mass is 769 g/mol. The van der Waals surface area contributed by atoms with E-state index in [1.54, 1.807) is 9.58 Å². The summed E-state index contributed by atoms with van der Waals surface area (Å²) >= 11 is 0. The summed E-state index contributed by atoms with van der Waals surface area (Å²) in [7, 11) is 0. The van der Waals surface area contributed by atoms with E-state index in [-0.39, 0.29) is 61.1 Å². The van der Waals surface area contributed by atoms with Gasteiger partial charge in [0.15, 0.2) is 17.5 Å². The Kier molecular flexibility index (Phi) is 16.2. The van der Waals surface area contributed by atoms with Gasteiger partial charge in [0.2, 0.25) is 23.6 Å². The highest BCUT2D eigenvalue weighted by molar-refractivity contribution is 5.96. The van der Waals surface area contributed by atoms with Gasteiger partial charge < -0.3 is 32.7 Å². The zero-order valence-corrected chi connectivity index (χ0v) is 33.1. The summed E-state index contributed by atoms with van der Waals surface area (Å²) in [6, 6.07) is -2.42. The molecule has 2 aliphatic heterocycles. The molecule has 55 heavy (non-hydrogen) atoms. The molecule has 1 saturated heterocycles. The Hall–Kier alpha value is -4.37. The average Bonchev–Trinajstić information content (AvgIpc) is 3.81. The molecule has 16 heteroatoms. The van der Waals surface area contributed by atoms with Crippen molar-refractivity contribution in [3.05, 3.63) is 11.9 Å². The molecule has 0 aromatic carbocycles. The summed E-state index contributed by atoms with van der Waals surface area (Å²) < 4.78 is 1.75. The lowest BCUT2D eigenvalue weighted by molar-refractivity contribution is -0.140. The molecule has 1 aromatic rings. The normalized spacial score (nSPS) is 23.7. The highest BCUT2D eigenvalue weighted by atomic mass is 16.2.